The third kappa shape index (κ3) is 4.76. The van der Waals surface area contributed by atoms with Crippen LogP contribution in [0.2, 0.25) is 5.15 Å². The summed E-state index contributed by atoms with van der Waals surface area (Å²) in [6, 6.07) is 24.1. The molecule has 0 radical (unpaired) electrons. The summed E-state index contributed by atoms with van der Waals surface area (Å²) in [6.45, 7) is 0. The standard InChI is InChI=1S/C22H17ClN4O/c23-21-19(12-7-13-25-21)26-15-18(14-24)22(28)27-20(16-8-3-1-4-9-16)17-10-5-2-6-11-17/h1-13,15,20,26H,(H,27,28)/b18-15-. The molecule has 6 heteroatoms. The Morgan fingerprint density at radius 3 is 2.14 bits per heavy atom. The number of carbonyl (C=O) groups excluding carboxylic acids is 1. The minimum atomic E-state index is -0.493. The van der Waals surface area contributed by atoms with Gasteiger partial charge in [-0.2, -0.15) is 5.26 Å². The summed E-state index contributed by atoms with van der Waals surface area (Å²) in [5, 5.41) is 15.5. The number of pyridine rings is 1. The fourth-order valence-electron chi connectivity index (χ4n) is 2.65. The molecule has 0 unspecified atom stereocenters. The normalized spacial score (nSPS) is 11.0. The number of aromatic nitrogens is 1. The van der Waals surface area contributed by atoms with Gasteiger partial charge in [0.25, 0.3) is 5.91 Å². The van der Waals surface area contributed by atoms with Crippen LogP contribution >= 0.6 is 11.6 Å². The van der Waals surface area contributed by atoms with Crippen LogP contribution in [-0.4, -0.2) is 10.9 Å². The highest BCUT2D eigenvalue weighted by Crippen LogP contribution is 2.22. The Bertz CT molecular complexity index is 974. The highest BCUT2D eigenvalue weighted by molar-refractivity contribution is 6.32. The molecular formula is C22H17ClN4O. The van der Waals surface area contributed by atoms with Crippen molar-refractivity contribution in [2.24, 2.45) is 0 Å². The van der Waals surface area contributed by atoms with Gasteiger partial charge in [-0.3, -0.25) is 4.79 Å². The van der Waals surface area contributed by atoms with Crippen LogP contribution in [0.15, 0.2) is 90.8 Å². The maximum absolute atomic E-state index is 12.7. The number of anilines is 1. The monoisotopic (exact) mass is 388 g/mol. The smallest absolute Gasteiger partial charge is 0.264 e. The van der Waals surface area contributed by atoms with E-state index in [0.717, 1.165) is 11.1 Å². The van der Waals surface area contributed by atoms with Crippen LogP contribution in [0.25, 0.3) is 0 Å². The van der Waals surface area contributed by atoms with Gasteiger partial charge in [0.15, 0.2) is 5.15 Å². The van der Waals surface area contributed by atoms with Crippen molar-refractivity contribution in [3.8, 4) is 6.07 Å². The average molecular weight is 389 g/mol. The van der Waals surface area contributed by atoms with Crippen molar-refractivity contribution in [3.63, 3.8) is 0 Å². The van der Waals surface area contributed by atoms with E-state index in [-0.39, 0.29) is 16.8 Å². The molecule has 1 aromatic heterocycles. The van der Waals surface area contributed by atoms with Crippen LogP contribution in [0.1, 0.15) is 17.2 Å². The number of benzene rings is 2. The Kier molecular flexibility index (Phi) is 6.40. The van der Waals surface area contributed by atoms with E-state index in [0.29, 0.717) is 5.69 Å². The molecule has 138 valence electrons. The zero-order chi connectivity index (χ0) is 19.8. The highest BCUT2D eigenvalue weighted by Gasteiger charge is 2.19. The van der Waals surface area contributed by atoms with Gasteiger partial charge < -0.3 is 10.6 Å². The van der Waals surface area contributed by atoms with E-state index < -0.39 is 5.91 Å². The third-order valence-electron chi connectivity index (χ3n) is 4.04. The number of nitriles is 1. The molecule has 2 N–H and O–H groups in total. The molecule has 0 aliphatic rings. The van der Waals surface area contributed by atoms with Gasteiger partial charge in [0.2, 0.25) is 0 Å². The van der Waals surface area contributed by atoms with Gasteiger partial charge in [-0.05, 0) is 23.3 Å². The molecule has 0 saturated heterocycles. The van der Waals surface area contributed by atoms with E-state index in [2.05, 4.69) is 15.6 Å². The lowest BCUT2D eigenvalue weighted by Gasteiger charge is -2.19. The van der Waals surface area contributed by atoms with E-state index in [1.165, 1.54) is 6.20 Å². The van der Waals surface area contributed by atoms with Crippen LogP contribution in [-0.2, 0) is 4.79 Å². The summed E-state index contributed by atoms with van der Waals surface area (Å²) in [5.41, 5.74) is 2.27. The van der Waals surface area contributed by atoms with Crippen LogP contribution in [0.3, 0.4) is 0 Å². The molecule has 0 spiro atoms. The SMILES string of the molecule is N#C/C(=C/Nc1cccnc1Cl)C(=O)NC(c1ccccc1)c1ccccc1. The molecule has 0 saturated carbocycles. The van der Waals surface area contributed by atoms with Gasteiger partial charge in [-0.15, -0.1) is 0 Å². The molecule has 3 rings (SSSR count). The fraction of sp³-hybridized carbons (Fsp3) is 0.0455. The second kappa shape index (κ2) is 9.36. The average Bonchev–Trinajstić information content (AvgIpc) is 2.75. The van der Waals surface area contributed by atoms with E-state index in [4.69, 9.17) is 11.6 Å². The maximum Gasteiger partial charge on any atom is 0.264 e. The number of hydrogen-bond acceptors (Lipinski definition) is 4. The zero-order valence-corrected chi connectivity index (χ0v) is 15.6. The van der Waals surface area contributed by atoms with E-state index in [1.54, 1.807) is 18.3 Å². The van der Waals surface area contributed by atoms with Gasteiger partial charge in [0.1, 0.15) is 11.6 Å². The summed E-state index contributed by atoms with van der Waals surface area (Å²) in [6.07, 6.45) is 2.88. The Morgan fingerprint density at radius 2 is 1.61 bits per heavy atom. The lowest BCUT2D eigenvalue weighted by atomic mass is 9.98. The number of amides is 1. The lowest BCUT2D eigenvalue weighted by molar-refractivity contribution is -0.117. The molecule has 0 atom stereocenters. The number of halogens is 1. The van der Waals surface area contributed by atoms with Gasteiger partial charge in [0.05, 0.1) is 11.7 Å². The molecule has 0 aliphatic carbocycles. The Morgan fingerprint density at radius 1 is 1.00 bits per heavy atom. The summed E-state index contributed by atoms with van der Waals surface area (Å²) < 4.78 is 0. The van der Waals surface area contributed by atoms with Crippen molar-refractivity contribution in [1.29, 1.82) is 5.26 Å². The molecule has 3 aromatic rings. The van der Waals surface area contributed by atoms with Crippen LogP contribution in [0, 0.1) is 11.3 Å². The van der Waals surface area contributed by atoms with E-state index in [9.17, 15) is 10.1 Å². The zero-order valence-electron chi connectivity index (χ0n) is 14.8. The number of rotatable bonds is 6. The first-order chi connectivity index (χ1) is 13.7. The molecule has 0 fully saturated rings. The first kappa shape index (κ1) is 19.2. The van der Waals surface area contributed by atoms with Crippen LogP contribution in [0.4, 0.5) is 5.69 Å². The number of nitrogens with zero attached hydrogens (tertiary/aromatic N) is 2. The van der Waals surface area contributed by atoms with Crippen LogP contribution in [0.5, 0.6) is 0 Å². The van der Waals surface area contributed by atoms with E-state index in [1.807, 2.05) is 66.7 Å². The largest absolute Gasteiger partial charge is 0.358 e. The van der Waals surface area contributed by atoms with Gasteiger partial charge in [0, 0.05) is 12.4 Å². The Balaban J connectivity index is 1.83. The van der Waals surface area contributed by atoms with E-state index >= 15 is 0 Å². The first-order valence-corrected chi connectivity index (χ1v) is 8.95. The summed E-state index contributed by atoms with van der Waals surface area (Å²) in [7, 11) is 0. The molecule has 1 amide bonds. The van der Waals surface area contributed by atoms with Crippen molar-refractivity contribution in [2.45, 2.75) is 6.04 Å². The Labute approximate surface area is 168 Å². The Hall–Kier alpha value is -3.62. The van der Waals surface area contributed by atoms with Gasteiger partial charge >= 0.3 is 0 Å². The minimum Gasteiger partial charge on any atom is -0.358 e. The predicted octanol–water partition coefficient (Wildman–Crippen LogP) is 4.46. The minimum absolute atomic E-state index is 0.0724. The topological polar surface area (TPSA) is 77.8 Å². The molecule has 0 bridgehead atoms. The predicted molar refractivity (Wildman–Crippen MR) is 109 cm³/mol. The number of nitrogens with one attached hydrogen (secondary N) is 2. The summed E-state index contributed by atoms with van der Waals surface area (Å²) in [4.78, 5) is 16.7. The molecule has 0 aliphatic heterocycles. The second-order valence-electron chi connectivity index (χ2n) is 5.88. The second-order valence-corrected chi connectivity index (χ2v) is 6.24. The van der Waals surface area contributed by atoms with Crippen molar-refractivity contribution >= 4 is 23.2 Å². The van der Waals surface area contributed by atoms with Gasteiger partial charge in [-0.1, -0.05) is 72.3 Å². The molecule has 2 aromatic carbocycles. The van der Waals surface area contributed by atoms with Crippen LogP contribution < -0.4 is 10.6 Å². The number of carbonyl (C=O) groups is 1. The molecular weight excluding hydrogens is 372 g/mol. The highest BCUT2D eigenvalue weighted by atomic mass is 35.5. The number of hydrogen-bond donors (Lipinski definition) is 2. The molecule has 28 heavy (non-hydrogen) atoms. The van der Waals surface area contributed by atoms with Crippen molar-refractivity contribution < 1.29 is 4.79 Å². The van der Waals surface area contributed by atoms with Crippen molar-refractivity contribution in [1.82, 2.24) is 10.3 Å². The quantitative estimate of drug-likeness (QED) is 0.371. The lowest BCUT2D eigenvalue weighted by Crippen LogP contribution is -2.30. The summed E-state index contributed by atoms with van der Waals surface area (Å²) >= 11 is 5.99. The maximum atomic E-state index is 12.7. The molecule has 1 heterocycles. The first-order valence-electron chi connectivity index (χ1n) is 8.57. The summed E-state index contributed by atoms with van der Waals surface area (Å²) in [5.74, 6) is -0.493. The third-order valence-corrected chi connectivity index (χ3v) is 4.34. The molecule has 5 nitrogen and oxygen atoms in total. The van der Waals surface area contributed by atoms with Crippen molar-refractivity contribution in [2.75, 3.05) is 5.32 Å². The van der Waals surface area contributed by atoms with Crippen molar-refractivity contribution in [3.05, 3.63) is 107 Å². The van der Waals surface area contributed by atoms with Gasteiger partial charge in [-0.25, -0.2) is 4.98 Å². The fourth-order valence-corrected chi connectivity index (χ4v) is 2.83.